The van der Waals surface area contributed by atoms with Gasteiger partial charge in [0.1, 0.15) is 0 Å². The van der Waals surface area contributed by atoms with E-state index in [-0.39, 0.29) is 12.5 Å². The first-order valence-electron chi connectivity index (χ1n) is 6.42. The molecule has 0 spiro atoms. The van der Waals surface area contributed by atoms with Crippen LogP contribution in [0.15, 0.2) is 53.4 Å². The average Bonchev–Trinajstić information content (AvgIpc) is 2.48. The Kier molecular flexibility index (Phi) is 5.07. The van der Waals surface area contributed by atoms with Gasteiger partial charge in [-0.15, -0.1) is 11.8 Å². The molecule has 0 aliphatic heterocycles. The molecule has 0 aromatic heterocycles. The second-order valence-corrected chi connectivity index (χ2v) is 5.32. The maximum Gasteiger partial charge on any atom is 0.243 e. The Morgan fingerprint density at radius 3 is 2.45 bits per heavy atom. The summed E-state index contributed by atoms with van der Waals surface area (Å²) in [5.74, 6) is -0.0479. The van der Waals surface area contributed by atoms with Gasteiger partial charge < -0.3 is 10.6 Å². The molecule has 0 atom stereocenters. The topological polar surface area (TPSA) is 41.1 Å². The van der Waals surface area contributed by atoms with Gasteiger partial charge in [0, 0.05) is 16.3 Å². The highest BCUT2D eigenvalue weighted by Crippen LogP contribution is 2.17. The summed E-state index contributed by atoms with van der Waals surface area (Å²) in [6.45, 7) is 2.23. The molecule has 0 bridgehead atoms. The van der Waals surface area contributed by atoms with E-state index in [4.69, 9.17) is 0 Å². The molecule has 1 amide bonds. The van der Waals surface area contributed by atoms with E-state index >= 15 is 0 Å². The number of hydrogen-bond donors (Lipinski definition) is 2. The van der Waals surface area contributed by atoms with Crippen molar-refractivity contribution in [2.75, 3.05) is 23.4 Å². The van der Waals surface area contributed by atoms with Gasteiger partial charge >= 0.3 is 0 Å². The lowest BCUT2D eigenvalue weighted by molar-refractivity contribution is -0.114. The van der Waals surface area contributed by atoms with Gasteiger partial charge in [-0.2, -0.15) is 0 Å². The second-order valence-electron chi connectivity index (χ2n) is 4.45. The number of benzene rings is 2. The Morgan fingerprint density at radius 1 is 1.10 bits per heavy atom. The van der Waals surface area contributed by atoms with Gasteiger partial charge in [0.25, 0.3) is 0 Å². The van der Waals surface area contributed by atoms with Crippen LogP contribution in [0.5, 0.6) is 0 Å². The molecule has 0 saturated carbocycles. The van der Waals surface area contributed by atoms with Crippen LogP contribution in [0, 0.1) is 6.92 Å². The van der Waals surface area contributed by atoms with Gasteiger partial charge in [0.15, 0.2) is 0 Å². The van der Waals surface area contributed by atoms with Gasteiger partial charge in [0.05, 0.1) is 6.54 Å². The molecule has 0 radical (unpaired) electrons. The third-order valence-electron chi connectivity index (χ3n) is 2.96. The van der Waals surface area contributed by atoms with Crippen molar-refractivity contribution in [3.05, 3.63) is 54.1 Å². The van der Waals surface area contributed by atoms with E-state index in [0.717, 1.165) is 16.9 Å². The minimum atomic E-state index is -0.0479. The van der Waals surface area contributed by atoms with Gasteiger partial charge in [-0.3, -0.25) is 4.79 Å². The first-order chi connectivity index (χ1) is 9.69. The Labute approximate surface area is 123 Å². The molecular formula is C16H18N2OS. The molecule has 0 heterocycles. The quantitative estimate of drug-likeness (QED) is 0.822. The van der Waals surface area contributed by atoms with E-state index < -0.39 is 0 Å². The van der Waals surface area contributed by atoms with Crippen LogP contribution in [0.25, 0.3) is 0 Å². The summed E-state index contributed by atoms with van der Waals surface area (Å²) in [4.78, 5) is 13.1. The summed E-state index contributed by atoms with van der Waals surface area (Å²) in [6.07, 6.45) is 2.04. The highest BCUT2D eigenvalue weighted by atomic mass is 32.2. The molecule has 3 nitrogen and oxygen atoms in total. The summed E-state index contributed by atoms with van der Waals surface area (Å²) in [5.41, 5.74) is 2.87. The van der Waals surface area contributed by atoms with Crippen molar-refractivity contribution in [1.82, 2.24) is 0 Å². The van der Waals surface area contributed by atoms with Crippen molar-refractivity contribution < 1.29 is 4.79 Å². The van der Waals surface area contributed by atoms with E-state index in [9.17, 15) is 4.79 Å². The van der Waals surface area contributed by atoms with Crippen LogP contribution < -0.4 is 10.6 Å². The monoisotopic (exact) mass is 286 g/mol. The molecule has 0 aliphatic carbocycles. The molecule has 0 unspecified atom stereocenters. The van der Waals surface area contributed by atoms with Crippen molar-refractivity contribution in [3.8, 4) is 0 Å². The Bertz CT molecular complexity index is 581. The maximum absolute atomic E-state index is 11.9. The van der Waals surface area contributed by atoms with Crippen molar-refractivity contribution in [2.45, 2.75) is 11.8 Å². The molecule has 104 valence electrons. The molecule has 4 heteroatoms. The van der Waals surface area contributed by atoms with Crippen LogP contribution in [-0.4, -0.2) is 18.7 Å². The molecule has 0 fully saturated rings. The minimum Gasteiger partial charge on any atom is -0.376 e. The van der Waals surface area contributed by atoms with Gasteiger partial charge in [-0.25, -0.2) is 0 Å². The highest BCUT2D eigenvalue weighted by Gasteiger charge is 2.04. The smallest absolute Gasteiger partial charge is 0.243 e. The standard InChI is InChI=1S/C16H18N2OS/c1-12-5-3-4-6-15(12)18-16(19)11-17-13-7-9-14(20-2)10-8-13/h3-10,17H,11H2,1-2H3,(H,18,19). The van der Waals surface area contributed by atoms with Crippen LogP contribution in [0.3, 0.4) is 0 Å². The summed E-state index contributed by atoms with van der Waals surface area (Å²) in [5, 5.41) is 6.01. The number of hydrogen-bond acceptors (Lipinski definition) is 3. The fourth-order valence-corrected chi connectivity index (χ4v) is 2.21. The van der Waals surface area contributed by atoms with Crippen molar-refractivity contribution in [3.63, 3.8) is 0 Å². The van der Waals surface area contributed by atoms with Crippen LogP contribution in [0.4, 0.5) is 11.4 Å². The third-order valence-corrected chi connectivity index (χ3v) is 3.71. The molecule has 2 aromatic carbocycles. The highest BCUT2D eigenvalue weighted by molar-refractivity contribution is 7.98. The van der Waals surface area contributed by atoms with Crippen LogP contribution in [-0.2, 0) is 4.79 Å². The lowest BCUT2D eigenvalue weighted by Gasteiger charge is -2.10. The number of amides is 1. The minimum absolute atomic E-state index is 0.0479. The number of carbonyl (C=O) groups is 1. The second kappa shape index (κ2) is 7.01. The number of anilines is 2. The summed E-state index contributed by atoms with van der Waals surface area (Å²) >= 11 is 1.70. The number of carbonyl (C=O) groups excluding carboxylic acids is 1. The van der Waals surface area contributed by atoms with Gasteiger partial charge in [0.2, 0.25) is 5.91 Å². The molecule has 2 N–H and O–H groups in total. The van der Waals surface area contributed by atoms with Crippen LogP contribution >= 0.6 is 11.8 Å². The Hall–Kier alpha value is -1.94. The molecule has 2 aromatic rings. The predicted molar refractivity (Wildman–Crippen MR) is 86.5 cm³/mol. The number of nitrogens with one attached hydrogen (secondary N) is 2. The Morgan fingerprint density at radius 2 is 1.80 bits per heavy atom. The molecule has 2 rings (SSSR count). The SMILES string of the molecule is CSc1ccc(NCC(=O)Nc2ccccc2C)cc1. The van der Waals surface area contributed by atoms with Gasteiger partial charge in [-0.05, 0) is 49.1 Å². The Balaban J connectivity index is 1.87. The first kappa shape index (κ1) is 14.5. The largest absolute Gasteiger partial charge is 0.376 e. The average molecular weight is 286 g/mol. The van der Waals surface area contributed by atoms with E-state index in [2.05, 4.69) is 10.6 Å². The van der Waals surface area contributed by atoms with E-state index in [1.807, 2.05) is 61.7 Å². The van der Waals surface area contributed by atoms with E-state index in [0.29, 0.717) is 0 Å². The van der Waals surface area contributed by atoms with Crippen molar-refractivity contribution in [1.29, 1.82) is 0 Å². The first-order valence-corrected chi connectivity index (χ1v) is 7.65. The number of para-hydroxylation sites is 1. The van der Waals surface area contributed by atoms with Crippen LogP contribution in [0.2, 0.25) is 0 Å². The number of aryl methyl sites for hydroxylation is 1. The van der Waals surface area contributed by atoms with Gasteiger partial charge in [-0.1, -0.05) is 18.2 Å². The number of thioether (sulfide) groups is 1. The van der Waals surface area contributed by atoms with E-state index in [1.165, 1.54) is 4.90 Å². The fraction of sp³-hybridized carbons (Fsp3) is 0.188. The van der Waals surface area contributed by atoms with Crippen LogP contribution in [0.1, 0.15) is 5.56 Å². The lowest BCUT2D eigenvalue weighted by atomic mass is 10.2. The zero-order chi connectivity index (χ0) is 14.4. The maximum atomic E-state index is 11.9. The summed E-state index contributed by atoms with van der Waals surface area (Å²) in [7, 11) is 0. The zero-order valence-corrected chi connectivity index (χ0v) is 12.5. The molecular weight excluding hydrogens is 268 g/mol. The number of rotatable bonds is 5. The summed E-state index contributed by atoms with van der Waals surface area (Å²) in [6, 6.07) is 15.8. The normalized spacial score (nSPS) is 10.1. The van der Waals surface area contributed by atoms with E-state index in [1.54, 1.807) is 11.8 Å². The molecule has 20 heavy (non-hydrogen) atoms. The zero-order valence-electron chi connectivity index (χ0n) is 11.6. The lowest BCUT2D eigenvalue weighted by Crippen LogP contribution is -2.22. The predicted octanol–water partition coefficient (Wildman–Crippen LogP) is 3.77. The third kappa shape index (κ3) is 4.03. The molecule has 0 saturated heterocycles. The summed E-state index contributed by atoms with van der Waals surface area (Å²) < 4.78 is 0. The molecule has 0 aliphatic rings. The van der Waals surface area contributed by atoms with Crippen molar-refractivity contribution >= 4 is 29.0 Å². The van der Waals surface area contributed by atoms with Crippen molar-refractivity contribution in [2.24, 2.45) is 0 Å². The fourth-order valence-electron chi connectivity index (χ4n) is 1.80.